The molecule has 1 aromatic carbocycles. The van der Waals surface area contributed by atoms with E-state index in [0.717, 1.165) is 5.52 Å². The van der Waals surface area contributed by atoms with Crippen LogP contribution in [0.1, 0.15) is 17.4 Å². The van der Waals surface area contributed by atoms with Gasteiger partial charge in [0, 0.05) is 17.8 Å². The van der Waals surface area contributed by atoms with Crippen LogP contribution in [-0.2, 0) is 12.7 Å². The van der Waals surface area contributed by atoms with Crippen molar-refractivity contribution in [2.45, 2.75) is 19.6 Å². The normalized spacial score (nSPS) is 12.0. The van der Waals surface area contributed by atoms with E-state index in [0.29, 0.717) is 29.1 Å². The number of pyridine rings is 1. The number of aromatic nitrogens is 5. The van der Waals surface area contributed by atoms with Gasteiger partial charge in [-0.2, -0.15) is 18.2 Å². The fraction of sp³-hybridized carbons (Fsp3) is 0.176. The van der Waals surface area contributed by atoms with Gasteiger partial charge in [-0.15, -0.1) is 0 Å². The van der Waals surface area contributed by atoms with Crippen molar-refractivity contribution in [3.8, 4) is 11.4 Å². The highest BCUT2D eigenvalue weighted by molar-refractivity contribution is 5.76. The van der Waals surface area contributed by atoms with Gasteiger partial charge in [0.25, 0.3) is 0 Å². The van der Waals surface area contributed by atoms with E-state index in [1.165, 1.54) is 18.3 Å². The molecule has 3 heterocycles. The second-order valence-corrected chi connectivity index (χ2v) is 5.84. The molecule has 0 N–H and O–H groups in total. The number of benzene rings is 1. The van der Waals surface area contributed by atoms with Crippen molar-refractivity contribution in [2.24, 2.45) is 0 Å². The Morgan fingerprint density at radius 2 is 1.93 bits per heavy atom. The van der Waals surface area contributed by atoms with Crippen LogP contribution >= 0.6 is 0 Å². The van der Waals surface area contributed by atoms with Crippen LogP contribution in [0.2, 0.25) is 0 Å². The zero-order valence-corrected chi connectivity index (χ0v) is 13.8. The lowest BCUT2D eigenvalue weighted by atomic mass is 10.2. The van der Waals surface area contributed by atoms with Gasteiger partial charge in [-0.3, -0.25) is 4.98 Å². The van der Waals surface area contributed by atoms with Crippen molar-refractivity contribution in [1.29, 1.82) is 0 Å². The number of hydrogen-bond acceptors (Lipinski definition) is 5. The van der Waals surface area contributed by atoms with Crippen molar-refractivity contribution >= 4 is 11.0 Å². The van der Waals surface area contributed by atoms with Crippen LogP contribution < -0.4 is 0 Å². The SMILES string of the molecule is Cc1nc2cc(F)ccc2n1Cc1ccc(-c2noc(C(F)(F)F)n2)cn1. The Morgan fingerprint density at radius 3 is 2.59 bits per heavy atom. The van der Waals surface area contributed by atoms with E-state index in [2.05, 4.69) is 24.6 Å². The molecule has 0 aliphatic rings. The fourth-order valence-electron chi connectivity index (χ4n) is 2.69. The molecule has 4 aromatic rings. The van der Waals surface area contributed by atoms with Gasteiger partial charge in [0.1, 0.15) is 11.6 Å². The van der Waals surface area contributed by atoms with Crippen LogP contribution in [0.3, 0.4) is 0 Å². The van der Waals surface area contributed by atoms with E-state index in [-0.39, 0.29) is 11.6 Å². The Hall–Kier alpha value is -3.30. The van der Waals surface area contributed by atoms with Gasteiger partial charge in [0.15, 0.2) is 0 Å². The molecule has 27 heavy (non-hydrogen) atoms. The molecule has 4 rings (SSSR count). The molecule has 138 valence electrons. The third-order valence-corrected chi connectivity index (χ3v) is 3.97. The van der Waals surface area contributed by atoms with E-state index in [4.69, 9.17) is 0 Å². The van der Waals surface area contributed by atoms with Crippen LogP contribution in [0, 0.1) is 12.7 Å². The fourth-order valence-corrected chi connectivity index (χ4v) is 2.69. The molecule has 10 heteroatoms. The first kappa shape index (κ1) is 17.1. The minimum atomic E-state index is -4.70. The Bertz CT molecular complexity index is 1110. The van der Waals surface area contributed by atoms with Crippen LogP contribution in [0.25, 0.3) is 22.4 Å². The van der Waals surface area contributed by atoms with Gasteiger partial charge in [-0.05, 0) is 31.2 Å². The highest BCUT2D eigenvalue weighted by Gasteiger charge is 2.38. The topological polar surface area (TPSA) is 69.6 Å². The molecule has 0 spiro atoms. The first-order valence-corrected chi connectivity index (χ1v) is 7.80. The highest BCUT2D eigenvalue weighted by atomic mass is 19.4. The first-order valence-electron chi connectivity index (χ1n) is 7.80. The number of imidazole rings is 1. The number of nitrogens with zero attached hydrogens (tertiary/aromatic N) is 5. The average Bonchev–Trinajstić information content (AvgIpc) is 3.21. The molecule has 0 amide bonds. The Balaban J connectivity index is 1.60. The zero-order chi connectivity index (χ0) is 19.2. The summed E-state index contributed by atoms with van der Waals surface area (Å²) in [5.41, 5.74) is 2.24. The lowest BCUT2D eigenvalue weighted by Gasteiger charge is -2.07. The number of aryl methyl sites for hydroxylation is 1. The van der Waals surface area contributed by atoms with Gasteiger partial charge >= 0.3 is 12.1 Å². The molecule has 0 saturated carbocycles. The summed E-state index contributed by atoms with van der Waals surface area (Å²) in [6.45, 7) is 2.17. The molecule has 6 nitrogen and oxygen atoms in total. The van der Waals surface area contributed by atoms with Gasteiger partial charge in [-0.25, -0.2) is 9.37 Å². The molecule has 0 saturated heterocycles. The van der Waals surface area contributed by atoms with Crippen molar-refractivity contribution in [1.82, 2.24) is 24.7 Å². The minimum absolute atomic E-state index is 0.193. The summed E-state index contributed by atoms with van der Waals surface area (Å²) >= 11 is 0. The van der Waals surface area contributed by atoms with E-state index in [1.54, 1.807) is 25.1 Å². The van der Waals surface area contributed by atoms with Crippen molar-refractivity contribution in [3.63, 3.8) is 0 Å². The quantitative estimate of drug-likeness (QED) is 0.505. The Labute approximate surface area is 149 Å². The number of fused-ring (bicyclic) bond motifs is 1. The molecule has 0 fully saturated rings. The monoisotopic (exact) mass is 377 g/mol. The summed E-state index contributed by atoms with van der Waals surface area (Å²) in [4.78, 5) is 11.9. The summed E-state index contributed by atoms with van der Waals surface area (Å²) in [7, 11) is 0. The summed E-state index contributed by atoms with van der Waals surface area (Å²) in [5, 5.41) is 3.32. The van der Waals surface area contributed by atoms with E-state index in [9.17, 15) is 17.6 Å². The van der Waals surface area contributed by atoms with Crippen LogP contribution in [-0.4, -0.2) is 24.7 Å². The van der Waals surface area contributed by atoms with Crippen molar-refractivity contribution in [2.75, 3.05) is 0 Å². The highest BCUT2D eigenvalue weighted by Crippen LogP contribution is 2.29. The maximum Gasteiger partial charge on any atom is 0.471 e. The van der Waals surface area contributed by atoms with Gasteiger partial charge in [-0.1, -0.05) is 5.16 Å². The van der Waals surface area contributed by atoms with Crippen LogP contribution in [0.15, 0.2) is 41.1 Å². The number of halogens is 4. The largest absolute Gasteiger partial charge is 0.471 e. The molecule has 0 atom stereocenters. The van der Waals surface area contributed by atoms with Gasteiger partial charge in [0.05, 0.1) is 23.3 Å². The summed E-state index contributed by atoms with van der Waals surface area (Å²) in [5.74, 6) is -1.28. The third-order valence-electron chi connectivity index (χ3n) is 3.97. The number of rotatable bonds is 3. The van der Waals surface area contributed by atoms with Crippen molar-refractivity contribution in [3.05, 3.63) is 59.8 Å². The maximum atomic E-state index is 13.3. The molecule has 0 bridgehead atoms. The Kier molecular flexibility index (Phi) is 3.90. The molecule has 0 radical (unpaired) electrons. The predicted molar refractivity (Wildman–Crippen MR) is 86.1 cm³/mol. The van der Waals surface area contributed by atoms with Gasteiger partial charge in [0.2, 0.25) is 5.82 Å². The molecular weight excluding hydrogens is 366 g/mol. The number of alkyl halides is 3. The van der Waals surface area contributed by atoms with E-state index in [1.807, 2.05) is 4.57 Å². The summed E-state index contributed by atoms with van der Waals surface area (Å²) in [6, 6.07) is 7.54. The van der Waals surface area contributed by atoms with Crippen LogP contribution in [0.4, 0.5) is 17.6 Å². The van der Waals surface area contributed by atoms with Gasteiger partial charge < -0.3 is 9.09 Å². The second kappa shape index (κ2) is 6.15. The molecule has 0 aliphatic carbocycles. The predicted octanol–water partition coefficient (Wildman–Crippen LogP) is 4.00. The van der Waals surface area contributed by atoms with E-state index < -0.39 is 12.1 Å². The summed E-state index contributed by atoms with van der Waals surface area (Å²) in [6.07, 6.45) is -3.33. The lowest BCUT2D eigenvalue weighted by molar-refractivity contribution is -0.159. The summed E-state index contributed by atoms with van der Waals surface area (Å²) < 4.78 is 57.0. The standard InChI is InChI=1S/C17H11F4N5O/c1-9-23-13-6-11(18)3-5-14(13)26(9)8-12-4-2-10(7-22-12)15-24-16(27-25-15)17(19,20)21/h2-7H,8H2,1H3. The molecule has 0 unspecified atom stereocenters. The lowest BCUT2D eigenvalue weighted by Crippen LogP contribution is -2.05. The Morgan fingerprint density at radius 1 is 1.11 bits per heavy atom. The van der Waals surface area contributed by atoms with Crippen molar-refractivity contribution < 1.29 is 22.1 Å². The first-order chi connectivity index (χ1) is 12.8. The molecule has 0 aliphatic heterocycles. The average molecular weight is 377 g/mol. The molecule has 3 aromatic heterocycles. The second-order valence-electron chi connectivity index (χ2n) is 5.84. The van der Waals surface area contributed by atoms with E-state index >= 15 is 0 Å². The molecular formula is C17H11F4N5O. The number of hydrogen-bond donors (Lipinski definition) is 0. The van der Waals surface area contributed by atoms with Crippen LogP contribution in [0.5, 0.6) is 0 Å². The maximum absolute atomic E-state index is 13.3. The zero-order valence-electron chi connectivity index (χ0n) is 13.8. The smallest absolute Gasteiger partial charge is 0.329 e. The third kappa shape index (κ3) is 3.25. The minimum Gasteiger partial charge on any atom is -0.329 e.